The quantitative estimate of drug-likeness (QED) is 0.686. The molecule has 1 aliphatic rings. The predicted molar refractivity (Wildman–Crippen MR) is 80.8 cm³/mol. The van der Waals surface area contributed by atoms with Crippen molar-refractivity contribution in [1.82, 2.24) is 4.90 Å². The fourth-order valence-electron chi connectivity index (χ4n) is 2.32. The van der Waals surface area contributed by atoms with Crippen LogP contribution in [-0.2, 0) is 4.74 Å². The Morgan fingerprint density at radius 2 is 1.91 bits per heavy atom. The first kappa shape index (κ1) is 16.3. The van der Waals surface area contributed by atoms with Gasteiger partial charge >= 0.3 is 6.09 Å². The minimum Gasteiger partial charge on any atom is -0.449 e. The maximum Gasteiger partial charge on any atom is 0.409 e. The molecule has 0 aliphatic carbocycles. The molecule has 122 valence electrons. The summed E-state index contributed by atoms with van der Waals surface area (Å²) in [4.78, 5) is 15.1. The normalized spacial score (nSPS) is 15.0. The summed E-state index contributed by atoms with van der Waals surface area (Å²) in [6, 6.07) is 2.08. The fraction of sp³-hybridized carbons (Fsp3) is 0.533. The topological polar surface area (TPSA) is 58.8 Å². The molecule has 0 spiro atoms. The van der Waals surface area contributed by atoms with Crippen molar-refractivity contribution in [2.24, 2.45) is 0 Å². The van der Waals surface area contributed by atoms with Gasteiger partial charge in [0.1, 0.15) is 11.6 Å². The van der Waals surface area contributed by atoms with Crippen LogP contribution >= 0.6 is 0 Å². The number of hydrogen-bond acceptors (Lipinski definition) is 4. The number of carbonyl (C=O) groups is 1. The van der Waals surface area contributed by atoms with Crippen LogP contribution < -0.4 is 10.6 Å². The van der Waals surface area contributed by atoms with Crippen molar-refractivity contribution in [2.75, 3.05) is 43.4 Å². The second kappa shape index (κ2) is 7.29. The smallest absolute Gasteiger partial charge is 0.409 e. The number of nitrogens with zero attached hydrogens (tertiary/aromatic N) is 2. The number of benzene rings is 1. The van der Waals surface area contributed by atoms with Gasteiger partial charge in [0.25, 0.3) is 0 Å². The maximum absolute atomic E-state index is 13.9. The van der Waals surface area contributed by atoms with Gasteiger partial charge in [-0.2, -0.15) is 0 Å². The summed E-state index contributed by atoms with van der Waals surface area (Å²) in [5, 5.41) is 0. The molecule has 1 fully saturated rings. The molecule has 1 saturated heterocycles. The number of halogens is 2. The van der Waals surface area contributed by atoms with E-state index in [4.69, 9.17) is 10.5 Å². The number of unbranched alkanes of at least 4 members (excludes halogenated alkanes) is 1. The van der Waals surface area contributed by atoms with Crippen molar-refractivity contribution in [3.8, 4) is 0 Å². The van der Waals surface area contributed by atoms with E-state index >= 15 is 0 Å². The van der Waals surface area contributed by atoms with Gasteiger partial charge in [-0.05, 0) is 6.42 Å². The van der Waals surface area contributed by atoms with E-state index in [1.807, 2.05) is 6.92 Å². The van der Waals surface area contributed by atoms with Gasteiger partial charge in [-0.1, -0.05) is 13.3 Å². The van der Waals surface area contributed by atoms with Crippen molar-refractivity contribution in [3.05, 3.63) is 23.8 Å². The van der Waals surface area contributed by atoms with Crippen molar-refractivity contribution in [1.29, 1.82) is 0 Å². The highest BCUT2D eigenvalue weighted by Crippen LogP contribution is 2.25. The summed E-state index contributed by atoms with van der Waals surface area (Å²) in [6.07, 6.45) is 1.45. The number of piperazine rings is 1. The number of hydrogen-bond donors (Lipinski definition) is 1. The number of amides is 1. The Kier molecular flexibility index (Phi) is 5.41. The molecule has 0 atom stereocenters. The molecule has 22 heavy (non-hydrogen) atoms. The highest BCUT2D eigenvalue weighted by molar-refractivity contribution is 5.68. The molecule has 1 amide bonds. The molecule has 7 heteroatoms. The van der Waals surface area contributed by atoms with Crippen LogP contribution in [0.15, 0.2) is 12.1 Å². The van der Waals surface area contributed by atoms with Gasteiger partial charge < -0.3 is 20.3 Å². The van der Waals surface area contributed by atoms with Gasteiger partial charge in [-0.25, -0.2) is 13.6 Å². The van der Waals surface area contributed by atoms with E-state index in [0.717, 1.165) is 25.0 Å². The zero-order chi connectivity index (χ0) is 16.1. The van der Waals surface area contributed by atoms with E-state index < -0.39 is 11.6 Å². The average molecular weight is 313 g/mol. The summed E-state index contributed by atoms with van der Waals surface area (Å²) < 4.78 is 32.5. The second-order valence-electron chi connectivity index (χ2n) is 5.27. The number of ether oxygens (including phenoxy) is 1. The number of rotatable bonds is 4. The van der Waals surface area contributed by atoms with Crippen molar-refractivity contribution < 1.29 is 18.3 Å². The monoisotopic (exact) mass is 313 g/mol. The lowest BCUT2D eigenvalue weighted by Crippen LogP contribution is -2.49. The van der Waals surface area contributed by atoms with Crippen LogP contribution in [0.1, 0.15) is 19.8 Å². The van der Waals surface area contributed by atoms with Gasteiger partial charge in [0, 0.05) is 38.3 Å². The largest absolute Gasteiger partial charge is 0.449 e. The summed E-state index contributed by atoms with van der Waals surface area (Å²) in [5.74, 6) is -1.20. The van der Waals surface area contributed by atoms with E-state index in [1.165, 1.54) is 0 Å². The highest BCUT2D eigenvalue weighted by Gasteiger charge is 2.24. The molecule has 0 aromatic heterocycles. The van der Waals surface area contributed by atoms with Crippen LogP contribution in [0.4, 0.5) is 25.0 Å². The third kappa shape index (κ3) is 3.78. The van der Waals surface area contributed by atoms with Crippen molar-refractivity contribution in [2.45, 2.75) is 19.8 Å². The molecule has 5 nitrogen and oxygen atoms in total. The molecule has 1 aromatic rings. The van der Waals surface area contributed by atoms with Crippen LogP contribution in [-0.4, -0.2) is 43.8 Å². The number of carbonyl (C=O) groups excluding carboxylic acids is 1. The second-order valence-corrected chi connectivity index (χ2v) is 5.27. The van der Waals surface area contributed by atoms with Crippen molar-refractivity contribution in [3.63, 3.8) is 0 Å². The first-order valence-corrected chi connectivity index (χ1v) is 7.44. The number of nitrogens with two attached hydrogens (primary N) is 1. The molecule has 0 radical (unpaired) electrons. The minimum absolute atomic E-state index is 0.172. The molecule has 2 rings (SSSR count). The Morgan fingerprint density at radius 1 is 1.23 bits per heavy atom. The lowest BCUT2D eigenvalue weighted by molar-refractivity contribution is 0.0989. The Labute approximate surface area is 128 Å². The Hall–Kier alpha value is -2.05. The first-order valence-electron chi connectivity index (χ1n) is 7.44. The predicted octanol–water partition coefficient (Wildman–Crippen LogP) is 2.61. The molecule has 0 unspecified atom stereocenters. The molecule has 0 bridgehead atoms. The van der Waals surface area contributed by atoms with E-state index in [-0.39, 0.29) is 17.5 Å². The maximum atomic E-state index is 13.9. The Balaban J connectivity index is 1.92. The van der Waals surface area contributed by atoms with Gasteiger partial charge in [-0.15, -0.1) is 0 Å². The average Bonchev–Trinajstić information content (AvgIpc) is 2.51. The minimum atomic E-state index is -0.641. The van der Waals surface area contributed by atoms with Crippen LogP contribution in [0.5, 0.6) is 0 Å². The third-order valence-corrected chi connectivity index (χ3v) is 3.67. The van der Waals surface area contributed by atoms with Crippen LogP contribution in [0.25, 0.3) is 0 Å². The number of anilines is 2. The SMILES string of the molecule is CCCCOC(=O)N1CCN(c2cc(F)c(N)cc2F)CC1. The fourth-order valence-corrected chi connectivity index (χ4v) is 2.32. The highest BCUT2D eigenvalue weighted by atomic mass is 19.1. The van der Waals surface area contributed by atoms with Crippen LogP contribution in [0.2, 0.25) is 0 Å². The van der Waals surface area contributed by atoms with Crippen molar-refractivity contribution >= 4 is 17.5 Å². The van der Waals surface area contributed by atoms with Gasteiger partial charge in [-0.3, -0.25) is 0 Å². The third-order valence-electron chi connectivity index (χ3n) is 3.67. The zero-order valence-electron chi connectivity index (χ0n) is 12.6. The van der Waals surface area contributed by atoms with Gasteiger partial charge in [0.05, 0.1) is 18.0 Å². The molecular weight excluding hydrogens is 292 g/mol. The summed E-state index contributed by atoms with van der Waals surface area (Å²) in [7, 11) is 0. The van der Waals surface area contributed by atoms with Crippen LogP contribution in [0.3, 0.4) is 0 Å². The van der Waals surface area contributed by atoms with E-state index in [2.05, 4.69) is 0 Å². The Bertz CT molecular complexity index is 532. The molecule has 1 aliphatic heterocycles. The lowest BCUT2D eigenvalue weighted by Gasteiger charge is -2.35. The first-order chi connectivity index (χ1) is 10.5. The number of nitrogen functional groups attached to an aromatic ring is 1. The standard InChI is InChI=1S/C15H21F2N3O2/c1-2-3-8-22-15(21)20-6-4-19(5-7-20)14-10-11(16)13(18)9-12(14)17/h9-10H,2-8,18H2,1H3. The zero-order valence-corrected chi connectivity index (χ0v) is 12.6. The van der Waals surface area contributed by atoms with E-state index in [9.17, 15) is 13.6 Å². The summed E-state index contributed by atoms with van der Waals surface area (Å²) in [5.41, 5.74) is 5.30. The summed E-state index contributed by atoms with van der Waals surface area (Å²) >= 11 is 0. The Morgan fingerprint density at radius 3 is 2.55 bits per heavy atom. The molecule has 1 heterocycles. The molecule has 1 aromatic carbocycles. The van der Waals surface area contributed by atoms with E-state index in [1.54, 1.807) is 9.80 Å². The van der Waals surface area contributed by atoms with E-state index in [0.29, 0.717) is 32.8 Å². The molecular formula is C15H21F2N3O2. The molecule has 2 N–H and O–H groups in total. The van der Waals surface area contributed by atoms with Gasteiger partial charge in [0.2, 0.25) is 0 Å². The molecule has 0 saturated carbocycles. The lowest BCUT2D eigenvalue weighted by atomic mass is 10.2. The van der Waals surface area contributed by atoms with Gasteiger partial charge in [0.15, 0.2) is 0 Å². The van der Waals surface area contributed by atoms with Crippen LogP contribution in [0, 0.1) is 11.6 Å². The summed E-state index contributed by atoms with van der Waals surface area (Å²) in [6.45, 7) is 4.10.